The molecule has 32 heavy (non-hydrogen) atoms. The minimum Gasteiger partial charge on any atom is -0.390 e. The molecule has 0 saturated carbocycles. The third kappa shape index (κ3) is 4.37. The molecule has 0 bridgehead atoms. The van der Waals surface area contributed by atoms with Crippen molar-refractivity contribution >= 4 is 29.1 Å². The van der Waals surface area contributed by atoms with Crippen LogP contribution in [0.4, 0.5) is 13.2 Å². The fraction of sp³-hybridized carbons (Fsp3) is 0.500. The van der Waals surface area contributed by atoms with E-state index >= 15 is 0 Å². The van der Waals surface area contributed by atoms with Gasteiger partial charge in [0.2, 0.25) is 17.2 Å². The Labute approximate surface area is 186 Å². The number of aliphatic hydroxyl groups is 2. The van der Waals surface area contributed by atoms with Crippen molar-refractivity contribution in [1.29, 1.82) is 0 Å². The zero-order valence-electron chi connectivity index (χ0n) is 17.0. The van der Waals surface area contributed by atoms with Crippen molar-refractivity contribution in [3.05, 3.63) is 40.3 Å². The number of likely N-dealkylation sites (tertiary alicyclic amines) is 1. The van der Waals surface area contributed by atoms with E-state index in [-0.39, 0.29) is 60.9 Å². The molecule has 1 saturated heterocycles. The van der Waals surface area contributed by atoms with Crippen LogP contribution in [0.3, 0.4) is 0 Å². The van der Waals surface area contributed by atoms with Crippen molar-refractivity contribution in [2.75, 3.05) is 19.6 Å². The zero-order chi connectivity index (χ0) is 23.9. The summed E-state index contributed by atoms with van der Waals surface area (Å²) >= 11 is 6.04. The van der Waals surface area contributed by atoms with Crippen LogP contribution < -0.4 is 5.32 Å². The second kappa shape index (κ2) is 8.45. The minimum atomic E-state index is -5.12. The van der Waals surface area contributed by atoms with Gasteiger partial charge in [0.15, 0.2) is 0 Å². The van der Waals surface area contributed by atoms with Crippen LogP contribution in [0.5, 0.6) is 0 Å². The maximum atomic E-state index is 12.9. The number of alkyl halides is 3. The minimum absolute atomic E-state index is 0.0294. The van der Waals surface area contributed by atoms with E-state index in [4.69, 9.17) is 11.6 Å². The number of piperidine rings is 1. The monoisotopic (exact) mass is 475 g/mol. The summed E-state index contributed by atoms with van der Waals surface area (Å²) in [7, 11) is 0. The molecule has 1 aliphatic carbocycles. The zero-order valence-corrected chi connectivity index (χ0v) is 17.8. The number of fused-ring (bicyclic) bond motifs is 1. The number of pyridine rings is 1. The molecule has 8 nitrogen and oxygen atoms in total. The molecule has 3 rings (SSSR count). The number of carbonyl (C=O) groups excluding carboxylic acids is 3. The lowest BCUT2D eigenvalue weighted by Crippen LogP contribution is -2.59. The third-order valence-electron chi connectivity index (χ3n) is 5.76. The van der Waals surface area contributed by atoms with Crippen molar-refractivity contribution in [3.63, 3.8) is 0 Å². The van der Waals surface area contributed by atoms with Crippen LogP contribution in [0.2, 0.25) is 0 Å². The number of nitrogens with one attached hydrogen (secondary N) is 1. The Bertz CT molecular complexity index is 985. The Morgan fingerprint density at radius 3 is 2.50 bits per heavy atom. The summed E-state index contributed by atoms with van der Waals surface area (Å²) in [6, 6.07) is 2.95. The molecule has 1 aromatic heterocycles. The van der Waals surface area contributed by atoms with Crippen LogP contribution in [0.25, 0.3) is 0 Å². The highest BCUT2D eigenvalue weighted by Crippen LogP contribution is 2.34. The third-order valence-corrected chi connectivity index (χ3v) is 6.12. The van der Waals surface area contributed by atoms with Crippen LogP contribution in [-0.4, -0.2) is 74.6 Å². The van der Waals surface area contributed by atoms with Crippen molar-refractivity contribution in [2.24, 2.45) is 0 Å². The van der Waals surface area contributed by atoms with Gasteiger partial charge in [0.1, 0.15) is 16.4 Å². The maximum absolute atomic E-state index is 12.9. The summed E-state index contributed by atoms with van der Waals surface area (Å²) in [4.78, 5) is 41.8. The number of hydrogen-bond donors (Lipinski definition) is 3. The lowest BCUT2D eigenvalue weighted by atomic mass is 9.87. The van der Waals surface area contributed by atoms with Crippen LogP contribution in [0, 0.1) is 0 Å². The summed E-state index contributed by atoms with van der Waals surface area (Å²) in [6.45, 7) is 0.0733. The Kier molecular flexibility index (Phi) is 6.38. The van der Waals surface area contributed by atoms with Gasteiger partial charge in [-0.15, -0.1) is 0 Å². The van der Waals surface area contributed by atoms with Crippen LogP contribution >= 0.6 is 11.6 Å². The number of ketones is 2. The molecule has 12 heteroatoms. The van der Waals surface area contributed by atoms with E-state index in [1.165, 1.54) is 18.3 Å². The van der Waals surface area contributed by atoms with E-state index in [0.717, 1.165) is 4.90 Å². The SMILES string of the molecule is C[C@@](O)(C(=O)N1CCC(O)(CCNC2=C(Cl)C(=O)c3cccnc3C2=O)CC1)C(F)(F)F. The molecule has 0 spiro atoms. The van der Waals surface area contributed by atoms with E-state index in [2.05, 4.69) is 10.3 Å². The normalized spacial score (nSPS) is 20.7. The number of nitrogens with zero attached hydrogens (tertiary/aromatic N) is 2. The maximum Gasteiger partial charge on any atom is 0.426 e. The average molecular weight is 476 g/mol. The van der Waals surface area contributed by atoms with Gasteiger partial charge < -0.3 is 20.4 Å². The van der Waals surface area contributed by atoms with E-state index in [1.54, 1.807) is 0 Å². The van der Waals surface area contributed by atoms with Gasteiger partial charge in [0.05, 0.1) is 11.2 Å². The molecular weight excluding hydrogens is 455 g/mol. The van der Waals surface area contributed by atoms with Gasteiger partial charge >= 0.3 is 6.18 Å². The smallest absolute Gasteiger partial charge is 0.390 e. The second-order valence-corrected chi connectivity index (χ2v) is 8.39. The standard InChI is InChI=1S/C20H21ClF3N3O5/c1-18(31,20(22,23)24)17(30)27-9-5-19(32,6-10-27)4-8-26-14-12(21)15(28)11-3-2-7-25-13(11)16(14)29/h2-3,7,26,31-32H,4-6,8-10H2,1H3/t18-/m1/s1. The molecule has 0 radical (unpaired) electrons. The van der Waals surface area contributed by atoms with Crippen molar-refractivity contribution < 1.29 is 37.8 Å². The fourth-order valence-electron chi connectivity index (χ4n) is 3.60. The molecular formula is C20H21ClF3N3O5. The van der Waals surface area contributed by atoms with Gasteiger partial charge in [0, 0.05) is 25.8 Å². The molecule has 2 heterocycles. The molecule has 3 N–H and O–H groups in total. The molecule has 174 valence electrons. The Morgan fingerprint density at radius 1 is 1.28 bits per heavy atom. The van der Waals surface area contributed by atoms with Crippen LogP contribution in [0.15, 0.2) is 29.1 Å². The summed E-state index contributed by atoms with van der Waals surface area (Å²) in [6.07, 6.45) is -3.73. The van der Waals surface area contributed by atoms with E-state index in [0.29, 0.717) is 6.92 Å². The first-order valence-electron chi connectivity index (χ1n) is 9.77. The largest absolute Gasteiger partial charge is 0.426 e. The van der Waals surface area contributed by atoms with Crippen molar-refractivity contribution in [3.8, 4) is 0 Å². The molecule has 0 aromatic carbocycles. The predicted molar refractivity (Wildman–Crippen MR) is 106 cm³/mol. The summed E-state index contributed by atoms with van der Waals surface area (Å²) < 4.78 is 38.7. The number of allylic oxidation sites excluding steroid dienone is 2. The number of hydrogen-bond acceptors (Lipinski definition) is 7. The van der Waals surface area contributed by atoms with E-state index in [9.17, 15) is 37.8 Å². The number of halogens is 4. The van der Waals surface area contributed by atoms with Crippen LogP contribution in [-0.2, 0) is 4.79 Å². The molecule has 1 fully saturated rings. The number of rotatable bonds is 5. The summed E-state index contributed by atoms with van der Waals surface area (Å²) in [5.74, 6) is -2.59. The predicted octanol–water partition coefficient (Wildman–Crippen LogP) is 1.56. The molecule has 1 amide bonds. The summed E-state index contributed by atoms with van der Waals surface area (Å²) in [5.41, 5.74) is -4.91. The number of aromatic nitrogens is 1. The van der Waals surface area contributed by atoms with Crippen molar-refractivity contribution in [1.82, 2.24) is 15.2 Å². The van der Waals surface area contributed by atoms with Gasteiger partial charge in [-0.25, -0.2) is 0 Å². The first kappa shape index (κ1) is 24.1. The fourth-order valence-corrected chi connectivity index (χ4v) is 3.86. The van der Waals surface area contributed by atoms with Gasteiger partial charge in [-0.3, -0.25) is 19.4 Å². The van der Waals surface area contributed by atoms with Gasteiger partial charge in [-0.1, -0.05) is 11.6 Å². The number of carbonyl (C=O) groups is 3. The van der Waals surface area contributed by atoms with Crippen molar-refractivity contribution in [2.45, 2.75) is 43.6 Å². The Morgan fingerprint density at radius 2 is 1.91 bits per heavy atom. The van der Waals surface area contributed by atoms with Gasteiger partial charge in [-0.2, -0.15) is 13.2 Å². The second-order valence-electron chi connectivity index (χ2n) is 8.01. The molecule has 0 unspecified atom stereocenters. The highest BCUT2D eigenvalue weighted by molar-refractivity contribution is 6.49. The Balaban J connectivity index is 1.59. The highest BCUT2D eigenvalue weighted by atomic mass is 35.5. The molecule has 1 aromatic rings. The van der Waals surface area contributed by atoms with E-state index < -0.39 is 34.9 Å². The van der Waals surface area contributed by atoms with Gasteiger partial charge in [-0.05, 0) is 38.3 Å². The van der Waals surface area contributed by atoms with Crippen LogP contribution in [0.1, 0.15) is 47.0 Å². The first-order chi connectivity index (χ1) is 14.8. The molecule has 1 atom stereocenters. The lowest BCUT2D eigenvalue weighted by Gasteiger charge is -2.41. The first-order valence-corrected chi connectivity index (χ1v) is 10.2. The Hall–Kier alpha value is -2.50. The molecule has 1 aliphatic heterocycles. The summed E-state index contributed by atoms with van der Waals surface area (Å²) in [5, 5.41) is 22.7. The highest BCUT2D eigenvalue weighted by Gasteiger charge is 2.57. The number of Topliss-reactive ketones (excluding diaryl/α,β-unsaturated/α-hetero) is 2. The van der Waals surface area contributed by atoms with Gasteiger partial charge in [0.25, 0.3) is 5.91 Å². The number of amides is 1. The lowest BCUT2D eigenvalue weighted by molar-refractivity contribution is -0.251. The van der Waals surface area contributed by atoms with E-state index in [1.807, 2.05) is 0 Å². The molecule has 2 aliphatic rings. The average Bonchev–Trinajstić information content (AvgIpc) is 2.74. The topological polar surface area (TPSA) is 120 Å². The quantitative estimate of drug-likeness (QED) is 0.591.